The Morgan fingerprint density at radius 1 is 1.03 bits per heavy atom. The molecular weight excluding hydrogens is 447 g/mol. The summed E-state index contributed by atoms with van der Waals surface area (Å²) in [7, 11) is -0.882. The van der Waals surface area contributed by atoms with E-state index in [2.05, 4.69) is 5.32 Å². The fraction of sp³-hybridized carbons (Fsp3) is 0.208. The number of fused-ring (bicyclic) bond motifs is 1. The van der Waals surface area contributed by atoms with E-state index in [0.717, 1.165) is 17.7 Å². The van der Waals surface area contributed by atoms with Crippen molar-refractivity contribution in [1.82, 2.24) is 0 Å². The quantitative estimate of drug-likeness (QED) is 0.583. The molecule has 33 heavy (non-hydrogen) atoms. The number of nitrogens with one attached hydrogen (secondary N) is 1. The van der Waals surface area contributed by atoms with Gasteiger partial charge < -0.3 is 14.8 Å². The number of hydrogen-bond acceptors (Lipinski definition) is 5. The standard InChI is InChI=1S/C24H23FN2O5S/c1-31-22-7-3-6-20(23(22)32-2)24(28)26-18-10-13-21-16(15-18)5-4-14-27(21)33(29,30)19-11-8-17(25)9-12-19/h3,6-13,15H,4-5,14H2,1-2H3,(H,26,28). The van der Waals surface area contributed by atoms with E-state index in [4.69, 9.17) is 9.47 Å². The van der Waals surface area contributed by atoms with E-state index < -0.39 is 15.8 Å². The lowest BCUT2D eigenvalue weighted by atomic mass is 10.0. The molecule has 4 rings (SSSR count). The van der Waals surface area contributed by atoms with Crippen LogP contribution >= 0.6 is 0 Å². The first kappa shape index (κ1) is 22.6. The van der Waals surface area contributed by atoms with Gasteiger partial charge >= 0.3 is 0 Å². The summed E-state index contributed by atoms with van der Waals surface area (Å²) in [6.45, 7) is 0.319. The summed E-state index contributed by atoms with van der Waals surface area (Å²) in [4.78, 5) is 12.9. The van der Waals surface area contributed by atoms with Crippen LogP contribution in [0.4, 0.5) is 15.8 Å². The van der Waals surface area contributed by atoms with Crippen LogP contribution in [-0.2, 0) is 16.4 Å². The Kier molecular flexibility index (Phi) is 6.24. The number of para-hydroxylation sites is 1. The molecule has 0 spiro atoms. The van der Waals surface area contributed by atoms with Crippen molar-refractivity contribution in [3.8, 4) is 11.5 Å². The van der Waals surface area contributed by atoms with E-state index in [1.807, 2.05) is 0 Å². The van der Waals surface area contributed by atoms with Crippen molar-refractivity contribution in [3.05, 3.63) is 77.6 Å². The van der Waals surface area contributed by atoms with Crippen molar-refractivity contribution in [2.24, 2.45) is 0 Å². The smallest absolute Gasteiger partial charge is 0.264 e. The molecule has 0 radical (unpaired) electrons. The topological polar surface area (TPSA) is 84.9 Å². The molecule has 172 valence electrons. The molecular formula is C24H23FN2O5S. The minimum atomic E-state index is -3.84. The maximum atomic E-state index is 13.3. The van der Waals surface area contributed by atoms with Gasteiger partial charge in [-0.05, 0) is 73.0 Å². The summed E-state index contributed by atoms with van der Waals surface area (Å²) in [5.41, 5.74) is 2.18. The van der Waals surface area contributed by atoms with Gasteiger partial charge in [-0.1, -0.05) is 6.07 Å². The van der Waals surface area contributed by atoms with Crippen LogP contribution in [0.1, 0.15) is 22.3 Å². The molecule has 0 saturated carbocycles. The second-order valence-electron chi connectivity index (χ2n) is 7.47. The Bertz CT molecular complexity index is 1290. The number of hydrogen-bond donors (Lipinski definition) is 1. The molecule has 1 N–H and O–H groups in total. The van der Waals surface area contributed by atoms with Crippen LogP contribution in [0.25, 0.3) is 0 Å². The third kappa shape index (κ3) is 4.36. The van der Waals surface area contributed by atoms with E-state index in [0.29, 0.717) is 47.8 Å². The second kappa shape index (κ2) is 9.11. The largest absolute Gasteiger partial charge is 0.493 e. The Hall–Kier alpha value is -3.59. The zero-order valence-corrected chi connectivity index (χ0v) is 19.0. The van der Waals surface area contributed by atoms with Gasteiger partial charge in [0.25, 0.3) is 15.9 Å². The summed E-state index contributed by atoms with van der Waals surface area (Å²) < 4.78 is 51.5. The van der Waals surface area contributed by atoms with Gasteiger partial charge in [-0.3, -0.25) is 9.10 Å². The summed E-state index contributed by atoms with van der Waals surface area (Å²) >= 11 is 0. The van der Waals surface area contributed by atoms with Gasteiger partial charge in [0.15, 0.2) is 11.5 Å². The highest BCUT2D eigenvalue weighted by Gasteiger charge is 2.29. The van der Waals surface area contributed by atoms with E-state index >= 15 is 0 Å². The van der Waals surface area contributed by atoms with Gasteiger partial charge in [0.2, 0.25) is 0 Å². The van der Waals surface area contributed by atoms with Crippen LogP contribution in [0, 0.1) is 5.82 Å². The van der Waals surface area contributed by atoms with Gasteiger partial charge in [0.1, 0.15) is 5.82 Å². The summed E-state index contributed by atoms with van der Waals surface area (Å²) in [5, 5.41) is 2.84. The molecule has 1 aliphatic rings. The van der Waals surface area contributed by atoms with Gasteiger partial charge in [0, 0.05) is 12.2 Å². The fourth-order valence-corrected chi connectivity index (χ4v) is 5.43. The fourth-order valence-electron chi connectivity index (χ4n) is 3.89. The molecule has 1 amide bonds. The highest BCUT2D eigenvalue weighted by Crippen LogP contribution is 2.35. The van der Waals surface area contributed by atoms with Crippen molar-refractivity contribution in [3.63, 3.8) is 0 Å². The number of sulfonamides is 1. The number of carbonyl (C=O) groups excluding carboxylic acids is 1. The molecule has 0 aromatic heterocycles. The molecule has 1 heterocycles. The number of aryl methyl sites for hydroxylation is 1. The van der Waals surface area contributed by atoms with Crippen molar-refractivity contribution >= 4 is 27.3 Å². The lowest BCUT2D eigenvalue weighted by Crippen LogP contribution is -2.35. The first-order valence-electron chi connectivity index (χ1n) is 10.3. The molecule has 9 heteroatoms. The van der Waals surface area contributed by atoms with Crippen molar-refractivity contribution in [2.45, 2.75) is 17.7 Å². The number of rotatable bonds is 6. The van der Waals surface area contributed by atoms with E-state index in [1.54, 1.807) is 36.4 Å². The predicted octanol–water partition coefficient (Wildman–Crippen LogP) is 4.24. The summed E-state index contributed by atoms with van der Waals surface area (Å²) in [5.74, 6) is -0.109. The first-order chi connectivity index (χ1) is 15.8. The third-order valence-corrected chi connectivity index (χ3v) is 7.29. The molecule has 0 unspecified atom stereocenters. The number of nitrogens with zero attached hydrogens (tertiary/aromatic N) is 1. The predicted molar refractivity (Wildman–Crippen MR) is 123 cm³/mol. The van der Waals surface area contributed by atoms with Gasteiger partial charge in [0.05, 0.1) is 30.4 Å². The summed E-state index contributed by atoms with van der Waals surface area (Å²) in [6, 6.07) is 14.9. The van der Waals surface area contributed by atoms with E-state index in [9.17, 15) is 17.6 Å². The van der Waals surface area contributed by atoms with E-state index in [-0.39, 0.29) is 10.8 Å². The lowest BCUT2D eigenvalue weighted by Gasteiger charge is -2.31. The van der Waals surface area contributed by atoms with Gasteiger partial charge in [-0.15, -0.1) is 0 Å². The highest BCUT2D eigenvalue weighted by atomic mass is 32.2. The molecule has 0 atom stereocenters. The molecule has 7 nitrogen and oxygen atoms in total. The van der Waals surface area contributed by atoms with Crippen molar-refractivity contribution in [1.29, 1.82) is 0 Å². The molecule has 0 saturated heterocycles. The zero-order valence-electron chi connectivity index (χ0n) is 18.2. The average molecular weight is 471 g/mol. The van der Waals surface area contributed by atoms with Crippen LogP contribution in [-0.4, -0.2) is 35.1 Å². The van der Waals surface area contributed by atoms with Crippen molar-refractivity contribution < 1.29 is 27.1 Å². The molecule has 3 aromatic carbocycles. The monoisotopic (exact) mass is 470 g/mol. The number of benzene rings is 3. The number of amides is 1. The Balaban J connectivity index is 1.62. The number of methoxy groups -OCH3 is 2. The molecule has 1 aliphatic heterocycles. The molecule has 0 aliphatic carbocycles. The summed E-state index contributed by atoms with van der Waals surface area (Å²) in [6.07, 6.45) is 1.28. The van der Waals surface area contributed by atoms with Crippen molar-refractivity contribution in [2.75, 3.05) is 30.4 Å². The van der Waals surface area contributed by atoms with Crippen LogP contribution in [0.3, 0.4) is 0 Å². The normalized spacial score (nSPS) is 13.2. The molecule has 0 fully saturated rings. The second-order valence-corrected chi connectivity index (χ2v) is 9.34. The Labute approximate surface area is 191 Å². The first-order valence-corrected chi connectivity index (χ1v) is 11.7. The van der Waals surface area contributed by atoms with Crippen LogP contribution in [0.5, 0.6) is 11.5 Å². The zero-order chi connectivity index (χ0) is 23.6. The maximum Gasteiger partial charge on any atom is 0.264 e. The SMILES string of the molecule is COc1cccc(C(=O)Nc2ccc3c(c2)CCCN3S(=O)(=O)c2ccc(F)cc2)c1OC. The number of anilines is 2. The van der Waals surface area contributed by atoms with Crippen LogP contribution < -0.4 is 19.1 Å². The van der Waals surface area contributed by atoms with Gasteiger partial charge in [-0.2, -0.15) is 0 Å². The van der Waals surface area contributed by atoms with Gasteiger partial charge in [-0.25, -0.2) is 12.8 Å². The van der Waals surface area contributed by atoms with Crippen LogP contribution in [0.15, 0.2) is 65.6 Å². The third-order valence-electron chi connectivity index (χ3n) is 5.46. The minimum Gasteiger partial charge on any atom is -0.493 e. The maximum absolute atomic E-state index is 13.3. The number of ether oxygens (including phenoxy) is 2. The number of carbonyl (C=O) groups is 1. The molecule has 3 aromatic rings. The minimum absolute atomic E-state index is 0.0271. The number of halogens is 1. The Morgan fingerprint density at radius 2 is 1.79 bits per heavy atom. The van der Waals surface area contributed by atoms with E-state index in [1.165, 1.54) is 30.7 Å². The average Bonchev–Trinajstić information content (AvgIpc) is 2.83. The highest BCUT2D eigenvalue weighted by molar-refractivity contribution is 7.92. The lowest BCUT2D eigenvalue weighted by molar-refractivity contribution is 0.102. The van der Waals surface area contributed by atoms with Crippen LogP contribution in [0.2, 0.25) is 0 Å². The Morgan fingerprint density at radius 3 is 2.48 bits per heavy atom. The molecule has 0 bridgehead atoms.